The van der Waals surface area contributed by atoms with Crippen molar-refractivity contribution < 1.29 is 0 Å². The summed E-state index contributed by atoms with van der Waals surface area (Å²) in [6, 6.07) is 5.57. The summed E-state index contributed by atoms with van der Waals surface area (Å²) in [5.74, 6) is 0. The van der Waals surface area contributed by atoms with E-state index in [1.807, 2.05) is 11.3 Å². The molecule has 0 amide bonds. The van der Waals surface area contributed by atoms with E-state index in [4.69, 9.17) is 0 Å². The molecule has 0 saturated carbocycles. The Labute approximate surface area is 110 Å². The van der Waals surface area contributed by atoms with E-state index in [1.165, 1.54) is 11.3 Å². The first kappa shape index (κ1) is 14.7. The van der Waals surface area contributed by atoms with Gasteiger partial charge in [0.05, 0.1) is 0 Å². The minimum absolute atomic E-state index is 0.594. The lowest BCUT2D eigenvalue weighted by Gasteiger charge is -2.30. The Morgan fingerprint density at radius 3 is 2.71 bits per heavy atom. The summed E-state index contributed by atoms with van der Waals surface area (Å²) in [6.45, 7) is 9.03. The van der Waals surface area contributed by atoms with E-state index in [2.05, 4.69) is 55.5 Å². The summed E-state index contributed by atoms with van der Waals surface area (Å²) in [5.41, 5.74) is 0. The van der Waals surface area contributed by atoms with Crippen LogP contribution in [0.1, 0.15) is 32.1 Å². The molecule has 0 spiro atoms. The van der Waals surface area contributed by atoms with E-state index in [-0.39, 0.29) is 0 Å². The molecule has 1 N–H and O–H groups in total. The largest absolute Gasteiger partial charge is 0.315 e. The second-order valence-electron chi connectivity index (χ2n) is 4.85. The molecule has 0 bridgehead atoms. The molecule has 0 saturated heterocycles. The highest BCUT2D eigenvalue weighted by atomic mass is 32.1. The molecule has 0 aliphatic rings. The van der Waals surface area contributed by atoms with Crippen LogP contribution in [0, 0.1) is 0 Å². The van der Waals surface area contributed by atoms with Gasteiger partial charge in [-0.2, -0.15) is 0 Å². The second-order valence-corrected chi connectivity index (χ2v) is 5.88. The van der Waals surface area contributed by atoms with Crippen molar-refractivity contribution in [2.45, 2.75) is 45.7 Å². The molecule has 1 aromatic heterocycles. The average Bonchev–Trinajstić information content (AvgIpc) is 2.81. The number of hydrogen-bond acceptors (Lipinski definition) is 3. The van der Waals surface area contributed by atoms with Gasteiger partial charge in [0.1, 0.15) is 0 Å². The molecule has 0 radical (unpaired) electrons. The summed E-state index contributed by atoms with van der Waals surface area (Å²) in [6.07, 6.45) is 2.37. The van der Waals surface area contributed by atoms with Crippen molar-refractivity contribution in [1.82, 2.24) is 10.2 Å². The molecule has 0 aromatic carbocycles. The zero-order valence-corrected chi connectivity index (χ0v) is 12.4. The monoisotopic (exact) mass is 254 g/mol. The third kappa shape index (κ3) is 5.19. The van der Waals surface area contributed by atoms with E-state index in [0.717, 1.165) is 19.5 Å². The summed E-state index contributed by atoms with van der Waals surface area (Å²) < 4.78 is 0. The molecule has 1 heterocycles. The fourth-order valence-electron chi connectivity index (χ4n) is 1.93. The number of hydrogen-bond donors (Lipinski definition) is 1. The van der Waals surface area contributed by atoms with E-state index in [9.17, 15) is 0 Å². The molecule has 0 aliphatic carbocycles. The highest BCUT2D eigenvalue weighted by Crippen LogP contribution is 2.14. The van der Waals surface area contributed by atoms with Crippen molar-refractivity contribution in [2.75, 3.05) is 20.1 Å². The lowest BCUT2D eigenvalue weighted by Crippen LogP contribution is -2.43. The van der Waals surface area contributed by atoms with Gasteiger partial charge in [0.25, 0.3) is 0 Å². The van der Waals surface area contributed by atoms with Gasteiger partial charge in [-0.25, -0.2) is 0 Å². The molecule has 0 fully saturated rings. The molecule has 1 aromatic rings. The van der Waals surface area contributed by atoms with Gasteiger partial charge in [-0.1, -0.05) is 13.0 Å². The zero-order valence-electron chi connectivity index (χ0n) is 11.6. The highest BCUT2D eigenvalue weighted by molar-refractivity contribution is 7.09. The average molecular weight is 254 g/mol. The molecule has 3 heteroatoms. The minimum Gasteiger partial charge on any atom is -0.315 e. The Morgan fingerprint density at radius 2 is 2.12 bits per heavy atom. The molecular formula is C14H26N2S. The SMILES string of the molecule is CCCNCC(C)N(C)C(C)Cc1cccs1. The van der Waals surface area contributed by atoms with Crippen LogP contribution in [-0.2, 0) is 6.42 Å². The fourth-order valence-corrected chi connectivity index (χ4v) is 2.76. The summed E-state index contributed by atoms with van der Waals surface area (Å²) in [5, 5.41) is 5.65. The van der Waals surface area contributed by atoms with Crippen LogP contribution in [0.15, 0.2) is 17.5 Å². The predicted octanol–water partition coefficient (Wildman–Crippen LogP) is 3.00. The molecule has 2 atom stereocenters. The van der Waals surface area contributed by atoms with Crippen molar-refractivity contribution in [2.24, 2.45) is 0 Å². The van der Waals surface area contributed by atoms with Gasteiger partial charge in [0, 0.05) is 23.5 Å². The Kier molecular flexibility index (Phi) is 6.78. The zero-order chi connectivity index (χ0) is 12.7. The van der Waals surface area contributed by atoms with Crippen LogP contribution < -0.4 is 5.32 Å². The maximum atomic E-state index is 3.49. The van der Waals surface area contributed by atoms with Gasteiger partial charge in [-0.15, -0.1) is 11.3 Å². The first-order valence-corrected chi connectivity index (χ1v) is 7.48. The lowest BCUT2D eigenvalue weighted by molar-refractivity contribution is 0.191. The van der Waals surface area contributed by atoms with Crippen LogP contribution in [0.5, 0.6) is 0 Å². The quantitative estimate of drug-likeness (QED) is 0.718. The topological polar surface area (TPSA) is 15.3 Å². The Balaban J connectivity index is 2.32. The first-order chi connectivity index (χ1) is 8.15. The molecule has 98 valence electrons. The Bertz CT molecular complexity index is 284. The van der Waals surface area contributed by atoms with Crippen LogP contribution in [0.3, 0.4) is 0 Å². The molecule has 2 nitrogen and oxygen atoms in total. The van der Waals surface area contributed by atoms with Crippen LogP contribution in [0.2, 0.25) is 0 Å². The van der Waals surface area contributed by atoms with Gasteiger partial charge >= 0.3 is 0 Å². The molecular weight excluding hydrogens is 228 g/mol. The van der Waals surface area contributed by atoms with Gasteiger partial charge in [0.2, 0.25) is 0 Å². The number of rotatable bonds is 8. The Hall–Kier alpha value is -0.380. The highest BCUT2D eigenvalue weighted by Gasteiger charge is 2.15. The maximum Gasteiger partial charge on any atom is 0.0192 e. The van der Waals surface area contributed by atoms with Crippen molar-refractivity contribution in [1.29, 1.82) is 0 Å². The minimum atomic E-state index is 0.594. The first-order valence-electron chi connectivity index (χ1n) is 6.60. The van der Waals surface area contributed by atoms with Gasteiger partial charge in [-0.3, -0.25) is 4.90 Å². The number of nitrogens with one attached hydrogen (secondary N) is 1. The molecule has 0 aliphatic heterocycles. The molecule has 2 unspecified atom stereocenters. The van der Waals surface area contributed by atoms with Crippen LogP contribution >= 0.6 is 11.3 Å². The third-order valence-corrected chi connectivity index (χ3v) is 4.23. The van der Waals surface area contributed by atoms with Gasteiger partial charge < -0.3 is 5.32 Å². The summed E-state index contributed by atoms with van der Waals surface area (Å²) in [7, 11) is 2.23. The van der Waals surface area contributed by atoms with Gasteiger partial charge in [0.15, 0.2) is 0 Å². The van der Waals surface area contributed by atoms with Crippen molar-refractivity contribution >= 4 is 11.3 Å². The van der Waals surface area contributed by atoms with E-state index >= 15 is 0 Å². The summed E-state index contributed by atoms with van der Waals surface area (Å²) >= 11 is 1.86. The van der Waals surface area contributed by atoms with Crippen molar-refractivity contribution in [3.63, 3.8) is 0 Å². The van der Waals surface area contributed by atoms with Crippen LogP contribution in [-0.4, -0.2) is 37.1 Å². The second kappa shape index (κ2) is 7.85. The molecule has 17 heavy (non-hydrogen) atoms. The number of thiophene rings is 1. The standard InChI is InChI=1S/C14H26N2S/c1-5-8-15-11-13(3)16(4)12(2)10-14-7-6-9-17-14/h6-7,9,12-13,15H,5,8,10-11H2,1-4H3. The molecule has 1 rings (SSSR count). The lowest BCUT2D eigenvalue weighted by atomic mass is 10.1. The van der Waals surface area contributed by atoms with Crippen LogP contribution in [0.4, 0.5) is 0 Å². The van der Waals surface area contributed by atoms with Crippen molar-refractivity contribution in [3.8, 4) is 0 Å². The van der Waals surface area contributed by atoms with E-state index in [1.54, 1.807) is 0 Å². The maximum absolute atomic E-state index is 3.49. The number of likely N-dealkylation sites (N-methyl/N-ethyl adjacent to an activating group) is 1. The predicted molar refractivity (Wildman–Crippen MR) is 77.9 cm³/mol. The van der Waals surface area contributed by atoms with Gasteiger partial charge in [-0.05, 0) is 51.7 Å². The fraction of sp³-hybridized carbons (Fsp3) is 0.714. The Morgan fingerprint density at radius 1 is 1.35 bits per heavy atom. The van der Waals surface area contributed by atoms with E-state index in [0.29, 0.717) is 12.1 Å². The van der Waals surface area contributed by atoms with Crippen molar-refractivity contribution in [3.05, 3.63) is 22.4 Å². The smallest absolute Gasteiger partial charge is 0.0192 e. The normalized spacial score (nSPS) is 15.1. The number of nitrogens with zero attached hydrogens (tertiary/aromatic N) is 1. The summed E-state index contributed by atoms with van der Waals surface area (Å²) in [4.78, 5) is 3.96. The van der Waals surface area contributed by atoms with Crippen LogP contribution in [0.25, 0.3) is 0 Å². The third-order valence-electron chi connectivity index (χ3n) is 3.33. The van der Waals surface area contributed by atoms with E-state index < -0.39 is 0 Å².